The number of carbonyl (C=O) groups is 1. The Morgan fingerprint density at radius 3 is 2.69 bits per heavy atom. The van der Waals surface area contributed by atoms with E-state index in [4.69, 9.17) is 11.6 Å². The van der Waals surface area contributed by atoms with Crippen LogP contribution >= 0.6 is 11.6 Å². The molecule has 2 aromatic carbocycles. The van der Waals surface area contributed by atoms with Gasteiger partial charge in [-0.05, 0) is 55.3 Å². The Morgan fingerprint density at radius 1 is 1.12 bits per heavy atom. The van der Waals surface area contributed by atoms with Gasteiger partial charge in [-0.15, -0.1) is 0 Å². The van der Waals surface area contributed by atoms with Gasteiger partial charge in [0.05, 0.1) is 0 Å². The van der Waals surface area contributed by atoms with E-state index in [0.717, 1.165) is 31.7 Å². The van der Waals surface area contributed by atoms with Crippen molar-refractivity contribution in [1.29, 1.82) is 0 Å². The van der Waals surface area contributed by atoms with Gasteiger partial charge in [0.2, 0.25) is 0 Å². The summed E-state index contributed by atoms with van der Waals surface area (Å²) in [6, 6.07) is 13.4. The minimum Gasteiger partial charge on any atom is -0.357 e. The van der Waals surface area contributed by atoms with Gasteiger partial charge in [-0.3, -0.25) is 4.79 Å². The molecule has 0 unspecified atom stereocenters. The van der Waals surface area contributed by atoms with Gasteiger partial charge in [0.15, 0.2) is 5.82 Å². The maximum Gasteiger partial charge on any atom is 0.255 e. The molecule has 0 radical (unpaired) electrons. The number of amides is 1. The summed E-state index contributed by atoms with van der Waals surface area (Å²) in [7, 11) is 0. The predicted molar refractivity (Wildman–Crippen MR) is 103 cm³/mol. The molecule has 2 heterocycles. The predicted octanol–water partition coefficient (Wildman–Crippen LogP) is 4.88. The number of rotatable bonds is 3. The summed E-state index contributed by atoms with van der Waals surface area (Å²) in [6.07, 6.45) is 2.27. The molecular formula is C20H17ClFN3O. The Balaban J connectivity index is 1.62. The van der Waals surface area contributed by atoms with Crippen LogP contribution in [0.2, 0.25) is 5.02 Å². The number of hydrogen-bond acceptors (Lipinski definition) is 3. The van der Waals surface area contributed by atoms with Crippen molar-refractivity contribution in [2.45, 2.75) is 12.8 Å². The minimum absolute atomic E-state index is 0.315. The Morgan fingerprint density at radius 2 is 1.92 bits per heavy atom. The van der Waals surface area contributed by atoms with Crippen LogP contribution in [-0.4, -0.2) is 24.0 Å². The fraction of sp³-hybridized carbons (Fsp3) is 0.200. The van der Waals surface area contributed by atoms with E-state index in [9.17, 15) is 9.18 Å². The van der Waals surface area contributed by atoms with Crippen molar-refractivity contribution in [1.82, 2.24) is 4.98 Å². The fourth-order valence-corrected chi connectivity index (χ4v) is 3.40. The number of hydrogen-bond donors (Lipinski definition) is 1. The number of pyridine rings is 1. The van der Waals surface area contributed by atoms with Crippen molar-refractivity contribution in [2.75, 3.05) is 23.3 Å². The number of fused-ring (bicyclic) bond motifs is 1. The van der Waals surface area contributed by atoms with Gasteiger partial charge in [0, 0.05) is 34.7 Å². The molecule has 132 valence electrons. The third-order valence-corrected chi connectivity index (χ3v) is 4.74. The number of nitrogens with zero attached hydrogens (tertiary/aromatic N) is 2. The summed E-state index contributed by atoms with van der Waals surface area (Å²) in [5.41, 5.74) is 1.12. The highest BCUT2D eigenvalue weighted by Crippen LogP contribution is 2.26. The SMILES string of the molecule is O=C(Nc1cc(F)c2nc(N3CCCC3)ccc2c1)c1cccc(Cl)c1. The van der Waals surface area contributed by atoms with E-state index in [1.54, 1.807) is 30.3 Å². The monoisotopic (exact) mass is 369 g/mol. The molecule has 0 aliphatic carbocycles. The molecule has 1 N–H and O–H groups in total. The highest BCUT2D eigenvalue weighted by molar-refractivity contribution is 6.31. The molecule has 0 spiro atoms. The van der Waals surface area contributed by atoms with Crippen LogP contribution in [0.3, 0.4) is 0 Å². The maximum atomic E-state index is 14.6. The van der Waals surface area contributed by atoms with E-state index in [2.05, 4.69) is 15.2 Å². The number of aromatic nitrogens is 1. The lowest BCUT2D eigenvalue weighted by molar-refractivity contribution is 0.102. The van der Waals surface area contributed by atoms with Gasteiger partial charge in [-0.1, -0.05) is 17.7 Å². The quantitative estimate of drug-likeness (QED) is 0.715. The van der Waals surface area contributed by atoms with Gasteiger partial charge in [-0.25, -0.2) is 9.37 Å². The van der Waals surface area contributed by atoms with E-state index in [0.29, 0.717) is 27.2 Å². The molecular weight excluding hydrogens is 353 g/mol. The third kappa shape index (κ3) is 3.35. The molecule has 6 heteroatoms. The number of nitrogens with one attached hydrogen (secondary N) is 1. The second-order valence-corrected chi connectivity index (χ2v) is 6.79. The molecule has 4 nitrogen and oxygen atoms in total. The number of carbonyl (C=O) groups excluding carboxylic acids is 1. The molecule has 26 heavy (non-hydrogen) atoms. The van der Waals surface area contributed by atoms with Crippen LogP contribution < -0.4 is 10.2 Å². The first kappa shape index (κ1) is 16.8. The lowest BCUT2D eigenvalue weighted by Crippen LogP contribution is -2.18. The summed E-state index contributed by atoms with van der Waals surface area (Å²) in [5.74, 6) is 0.00227. The van der Waals surface area contributed by atoms with Crippen LogP contribution in [0.15, 0.2) is 48.5 Å². The first-order chi connectivity index (χ1) is 12.6. The van der Waals surface area contributed by atoms with Gasteiger partial charge in [0.25, 0.3) is 5.91 Å². The lowest BCUT2D eigenvalue weighted by Gasteiger charge is -2.17. The van der Waals surface area contributed by atoms with E-state index in [1.165, 1.54) is 6.07 Å². The average Bonchev–Trinajstić information content (AvgIpc) is 3.16. The topological polar surface area (TPSA) is 45.2 Å². The van der Waals surface area contributed by atoms with Crippen molar-refractivity contribution >= 4 is 39.9 Å². The summed E-state index contributed by atoms with van der Waals surface area (Å²) < 4.78 is 14.6. The van der Waals surface area contributed by atoms with Crippen molar-refractivity contribution < 1.29 is 9.18 Å². The Kier molecular flexibility index (Phi) is 4.47. The number of anilines is 2. The van der Waals surface area contributed by atoms with Gasteiger partial charge >= 0.3 is 0 Å². The standard InChI is InChI=1S/C20H17ClFN3O/c21-15-5-3-4-14(10-15)20(26)23-16-11-13-6-7-18(25-8-1-2-9-25)24-19(13)17(22)12-16/h3-7,10-12H,1-2,8-9H2,(H,23,26). The molecule has 1 aliphatic heterocycles. The summed E-state index contributed by atoms with van der Waals surface area (Å²) >= 11 is 5.91. The molecule has 1 aliphatic rings. The van der Waals surface area contributed by atoms with Crippen LogP contribution in [0.5, 0.6) is 0 Å². The highest BCUT2D eigenvalue weighted by Gasteiger charge is 2.16. The average molecular weight is 370 g/mol. The van der Waals surface area contributed by atoms with Crippen molar-refractivity contribution in [2.24, 2.45) is 0 Å². The molecule has 1 fully saturated rings. The van der Waals surface area contributed by atoms with Crippen LogP contribution in [-0.2, 0) is 0 Å². The lowest BCUT2D eigenvalue weighted by atomic mass is 10.1. The Labute approximate surface area is 155 Å². The normalized spacial score (nSPS) is 14.0. The van der Waals surface area contributed by atoms with Crippen LogP contribution in [0.4, 0.5) is 15.9 Å². The maximum absolute atomic E-state index is 14.6. The Bertz CT molecular complexity index is 986. The van der Waals surface area contributed by atoms with Gasteiger partial charge in [0.1, 0.15) is 11.3 Å². The van der Waals surface area contributed by atoms with E-state index in [1.807, 2.05) is 12.1 Å². The van der Waals surface area contributed by atoms with E-state index < -0.39 is 5.82 Å². The summed E-state index contributed by atoms with van der Waals surface area (Å²) in [5, 5.41) is 3.83. The van der Waals surface area contributed by atoms with Crippen molar-refractivity contribution in [3.8, 4) is 0 Å². The molecule has 0 saturated carbocycles. The minimum atomic E-state index is -0.454. The number of halogens is 2. The number of benzene rings is 2. The highest BCUT2D eigenvalue weighted by atomic mass is 35.5. The summed E-state index contributed by atoms with van der Waals surface area (Å²) in [6.45, 7) is 1.90. The van der Waals surface area contributed by atoms with Crippen LogP contribution in [0.25, 0.3) is 10.9 Å². The molecule has 0 atom stereocenters. The van der Waals surface area contributed by atoms with E-state index >= 15 is 0 Å². The molecule has 3 aromatic rings. The largest absolute Gasteiger partial charge is 0.357 e. The molecule has 4 rings (SSSR count). The molecule has 1 saturated heterocycles. The van der Waals surface area contributed by atoms with Crippen LogP contribution in [0, 0.1) is 5.82 Å². The first-order valence-corrected chi connectivity index (χ1v) is 8.90. The summed E-state index contributed by atoms with van der Waals surface area (Å²) in [4.78, 5) is 19.0. The van der Waals surface area contributed by atoms with Crippen molar-refractivity contribution in [3.63, 3.8) is 0 Å². The van der Waals surface area contributed by atoms with Gasteiger partial charge in [-0.2, -0.15) is 0 Å². The first-order valence-electron chi connectivity index (χ1n) is 8.52. The molecule has 1 amide bonds. The van der Waals surface area contributed by atoms with Crippen molar-refractivity contribution in [3.05, 3.63) is 64.9 Å². The van der Waals surface area contributed by atoms with Crippen LogP contribution in [0.1, 0.15) is 23.2 Å². The smallest absolute Gasteiger partial charge is 0.255 e. The zero-order valence-corrected chi connectivity index (χ0v) is 14.8. The third-order valence-electron chi connectivity index (χ3n) is 4.51. The van der Waals surface area contributed by atoms with E-state index in [-0.39, 0.29) is 5.91 Å². The Hall–Kier alpha value is -2.66. The second kappa shape index (κ2) is 6.92. The zero-order valence-electron chi connectivity index (χ0n) is 14.0. The van der Waals surface area contributed by atoms with Gasteiger partial charge < -0.3 is 10.2 Å². The molecule has 1 aromatic heterocycles. The zero-order chi connectivity index (χ0) is 18.1. The fourth-order valence-electron chi connectivity index (χ4n) is 3.21. The second-order valence-electron chi connectivity index (χ2n) is 6.36. The molecule has 0 bridgehead atoms.